The first-order valence-electron chi connectivity index (χ1n) is 7.66. The Morgan fingerprint density at radius 2 is 1.81 bits per heavy atom. The number of carbonyl (C=O) groups excluding carboxylic acids is 1. The van der Waals surface area contributed by atoms with E-state index in [1.54, 1.807) is 0 Å². The van der Waals surface area contributed by atoms with Crippen LogP contribution in [0, 0.1) is 0 Å². The summed E-state index contributed by atoms with van der Waals surface area (Å²) in [5.41, 5.74) is 7.65. The van der Waals surface area contributed by atoms with Crippen LogP contribution in [-0.4, -0.2) is 50.2 Å². The van der Waals surface area contributed by atoms with E-state index in [9.17, 15) is 4.79 Å². The highest BCUT2D eigenvalue weighted by molar-refractivity contribution is 5.76. The summed E-state index contributed by atoms with van der Waals surface area (Å²) in [6.07, 6.45) is 1.48. The summed E-state index contributed by atoms with van der Waals surface area (Å²) in [7, 11) is 0. The minimum absolute atomic E-state index is 0.197. The number of piperazine rings is 1. The fourth-order valence-corrected chi connectivity index (χ4v) is 2.46. The summed E-state index contributed by atoms with van der Waals surface area (Å²) < 4.78 is 5.38. The zero-order valence-electron chi connectivity index (χ0n) is 12.8. The topological polar surface area (TPSA) is 58.8 Å². The van der Waals surface area contributed by atoms with Crippen molar-refractivity contribution < 1.29 is 9.53 Å². The molecule has 0 aromatic heterocycles. The van der Waals surface area contributed by atoms with Crippen LogP contribution in [0.15, 0.2) is 24.3 Å². The van der Waals surface area contributed by atoms with Crippen molar-refractivity contribution in [3.63, 3.8) is 0 Å². The molecule has 0 atom stereocenters. The van der Waals surface area contributed by atoms with E-state index in [1.807, 2.05) is 29.2 Å². The molecule has 0 radical (unpaired) electrons. The third-order valence-electron chi connectivity index (χ3n) is 3.70. The van der Waals surface area contributed by atoms with Gasteiger partial charge in [0.2, 0.25) is 5.91 Å². The number of carbonyl (C=O) groups is 1. The van der Waals surface area contributed by atoms with Gasteiger partial charge >= 0.3 is 0 Å². The van der Waals surface area contributed by atoms with E-state index in [2.05, 4.69) is 11.8 Å². The van der Waals surface area contributed by atoms with Crippen molar-refractivity contribution in [3.05, 3.63) is 24.3 Å². The van der Waals surface area contributed by atoms with Crippen LogP contribution in [0.25, 0.3) is 0 Å². The highest BCUT2D eigenvalue weighted by Gasteiger charge is 2.20. The second-order valence-corrected chi connectivity index (χ2v) is 5.32. The van der Waals surface area contributed by atoms with Gasteiger partial charge in [-0.15, -0.1) is 0 Å². The normalized spacial score (nSPS) is 15.3. The van der Waals surface area contributed by atoms with Gasteiger partial charge in [-0.1, -0.05) is 6.92 Å². The lowest BCUT2D eigenvalue weighted by atomic mass is 10.2. The van der Waals surface area contributed by atoms with Crippen LogP contribution in [0.5, 0.6) is 0 Å². The van der Waals surface area contributed by atoms with Gasteiger partial charge in [-0.05, 0) is 30.7 Å². The summed E-state index contributed by atoms with van der Waals surface area (Å²) in [5.74, 6) is 0.197. The number of amides is 1. The van der Waals surface area contributed by atoms with Crippen LogP contribution >= 0.6 is 0 Å². The Hall–Kier alpha value is -1.75. The van der Waals surface area contributed by atoms with Crippen LogP contribution in [0.4, 0.5) is 11.4 Å². The molecule has 0 bridgehead atoms. The van der Waals surface area contributed by atoms with E-state index < -0.39 is 0 Å². The summed E-state index contributed by atoms with van der Waals surface area (Å²) in [6, 6.07) is 7.90. The quantitative estimate of drug-likeness (QED) is 0.640. The van der Waals surface area contributed by atoms with E-state index >= 15 is 0 Å². The highest BCUT2D eigenvalue weighted by atomic mass is 16.5. The number of rotatable bonds is 6. The van der Waals surface area contributed by atoms with Gasteiger partial charge in [0, 0.05) is 44.2 Å². The minimum atomic E-state index is 0.197. The molecule has 5 heteroatoms. The van der Waals surface area contributed by atoms with Gasteiger partial charge in [0.15, 0.2) is 0 Å². The summed E-state index contributed by atoms with van der Waals surface area (Å²) in [5, 5.41) is 0. The smallest absolute Gasteiger partial charge is 0.225 e. The van der Waals surface area contributed by atoms with E-state index in [1.165, 1.54) is 5.69 Å². The molecule has 0 spiro atoms. The molecule has 1 aromatic carbocycles. The molecule has 2 rings (SSSR count). The van der Waals surface area contributed by atoms with Crippen molar-refractivity contribution >= 4 is 17.3 Å². The van der Waals surface area contributed by atoms with Crippen LogP contribution in [0.3, 0.4) is 0 Å². The van der Waals surface area contributed by atoms with Crippen LogP contribution in [0.1, 0.15) is 19.8 Å². The average Bonchev–Trinajstić information content (AvgIpc) is 2.52. The molecule has 1 aromatic rings. The van der Waals surface area contributed by atoms with Gasteiger partial charge in [-0.2, -0.15) is 0 Å². The highest BCUT2D eigenvalue weighted by Crippen LogP contribution is 2.18. The van der Waals surface area contributed by atoms with Crippen molar-refractivity contribution in [2.45, 2.75) is 19.8 Å². The first-order valence-corrected chi connectivity index (χ1v) is 7.66. The molecule has 21 heavy (non-hydrogen) atoms. The molecule has 0 saturated carbocycles. The Kier molecular flexibility index (Phi) is 5.87. The Labute approximate surface area is 126 Å². The summed E-state index contributed by atoms with van der Waals surface area (Å²) in [4.78, 5) is 16.3. The predicted octanol–water partition coefficient (Wildman–Crippen LogP) is 1.73. The number of hydrogen-bond acceptors (Lipinski definition) is 4. The van der Waals surface area contributed by atoms with Crippen LogP contribution in [0.2, 0.25) is 0 Å². The SMILES string of the molecule is CCCOCCC(=O)N1CCN(c2ccc(N)cc2)CC1. The largest absolute Gasteiger partial charge is 0.399 e. The number of hydrogen-bond donors (Lipinski definition) is 1. The van der Waals surface area contributed by atoms with Crippen molar-refractivity contribution in [2.75, 3.05) is 50.0 Å². The summed E-state index contributed by atoms with van der Waals surface area (Å²) in [6.45, 7) is 6.62. The van der Waals surface area contributed by atoms with Crippen molar-refractivity contribution in [2.24, 2.45) is 0 Å². The molecular formula is C16H25N3O2. The number of nitrogens with zero attached hydrogens (tertiary/aromatic N) is 2. The molecule has 1 amide bonds. The van der Waals surface area contributed by atoms with E-state index in [-0.39, 0.29) is 5.91 Å². The predicted molar refractivity (Wildman–Crippen MR) is 85.4 cm³/mol. The first kappa shape index (κ1) is 15.6. The fourth-order valence-electron chi connectivity index (χ4n) is 2.46. The van der Waals surface area contributed by atoms with Gasteiger partial charge in [0.1, 0.15) is 0 Å². The maximum atomic E-state index is 12.1. The second kappa shape index (κ2) is 7.88. The average molecular weight is 291 g/mol. The Balaban J connectivity index is 1.75. The van der Waals surface area contributed by atoms with Gasteiger partial charge in [-0.25, -0.2) is 0 Å². The van der Waals surface area contributed by atoms with E-state index in [0.29, 0.717) is 13.0 Å². The monoisotopic (exact) mass is 291 g/mol. The molecular weight excluding hydrogens is 266 g/mol. The number of anilines is 2. The number of benzene rings is 1. The van der Waals surface area contributed by atoms with Gasteiger partial charge in [-0.3, -0.25) is 4.79 Å². The van der Waals surface area contributed by atoms with Crippen molar-refractivity contribution in [3.8, 4) is 0 Å². The zero-order chi connectivity index (χ0) is 15.1. The third-order valence-corrected chi connectivity index (χ3v) is 3.70. The second-order valence-electron chi connectivity index (χ2n) is 5.32. The van der Waals surface area contributed by atoms with Crippen LogP contribution in [-0.2, 0) is 9.53 Å². The maximum absolute atomic E-state index is 12.1. The molecule has 1 heterocycles. The molecule has 0 aliphatic carbocycles. The molecule has 2 N–H and O–H groups in total. The third kappa shape index (κ3) is 4.63. The maximum Gasteiger partial charge on any atom is 0.225 e. The number of nitrogen functional groups attached to an aromatic ring is 1. The van der Waals surface area contributed by atoms with E-state index in [4.69, 9.17) is 10.5 Å². The first-order chi connectivity index (χ1) is 10.2. The molecule has 116 valence electrons. The molecule has 1 saturated heterocycles. The minimum Gasteiger partial charge on any atom is -0.399 e. The van der Waals surface area contributed by atoms with Crippen molar-refractivity contribution in [1.29, 1.82) is 0 Å². The number of ether oxygens (including phenoxy) is 1. The molecule has 1 fully saturated rings. The fraction of sp³-hybridized carbons (Fsp3) is 0.562. The van der Waals surface area contributed by atoms with Crippen LogP contribution < -0.4 is 10.6 Å². The zero-order valence-corrected chi connectivity index (χ0v) is 12.8. The molecule has 1 aliphatic heterocycles. The Bertz CT molecular complexity index is 439. The lowest BCUT2D eigenvalue weighted by molar-refractivity contribution is -0.132. The van der Waals surface area contributed by atoms with Gasteiger partial charge in [0.25, 0.3) is 0 Å². The Morgan fingerprint density at radius 1 is 1.14 bits per heavy atom. The standard InChI is InChI=1S/C16H25N3O2/c1-2-12-21-13-7-16(20)19-10-8-18(9-11-19)15-5-3-14(17)4-6-15/h3-6H,2,7-13,17H2,1H3. The lowest BCUT2D eigenvalue weighted by Gasteiger charge is -2.36. The van der Waals surface area contributed by atoms with Gasteiger partial charge in [0.05, 0.1) is 13.0 Å². The molecule has 5 nitrogen and oxygen atoms in total. The van der Waals surface area contributed by atoms with Crippen molar-refractivity contribution in [1.82, 2.24) is 4.90 Å². The molecule has 0 unspecified atom stereocenters. The summed E-state index contributed by atoms with van der Waals surface area (Å²) >= 11 is 0. The van der Waals surface area contributed by atoms with E-state index in [0.717, 1.165) is 44.9 Å². The molecule has 1 aliphatic rings. The van der Waals surface area contributed by atoms with Gasteiger partial charge < -0.3 is 20.3 Å². The number of nitrogens with two attached hydrogens (primary N) is 1. The lowest BCUT2D eigenvalue weighted by Crippen LogP contribution is -2.49. The Morgan fingerprint density at radius 3 is 2.43 bits per heavy atom.